The number of nitrogens with zero attached hydrogens (tertiary/aromatic N) is 1. The molecule has 3 aromatic carbocycles. The SMILES string of the molecule is Cc1ccc(C2=CC(c3ccccc3)N(c3ccccc3)N2)cc1. The summed E-state index contributed by atoms with van der Waals surface area (Å²) in [5.41, 5.74) is 9.65. The molecule has 4 rings (SSSR count). The van der Waals surface area contributed by atoms with Crippen LogP contribution in [0.3, 0.4) is 0 Å². The highest BCUT2D eigenvalue weighted by Gasteiger charge is 2.26. The third-order valence-corrected chi connectivity index (χ3v) is 4.38. The molecule has 118 valence electrons. The lowest BCUT2D eigenvalue weighted by molar-refractivity contribution is 0.724. The van der Waals surface area contributed by atoms with Gasteiger partial charge in [-0.2, -0.15) is 0 Å². The van der Waals surface area contributed by atoms with E-state index in [4.69, 9.17) is 0 Å². The summed E-state index contributed by atoms with van der Waals surface area (Å²) in [7, 11) is 0. The number of anilines is 1. The molecule has 1 heterocycles. The summed E-state index contributed by atoms with van der Waals surface area (Å²) in [6.45, 7) is 2.11. The van der Waals surface area contributed by atoms with Crippen LogP contribution in [0, 0.1) is 6.92 Å². The molecule has 0 radical (unpaired) electrons. The molecule has 1 atom stereocenters. The van der Waals surface area contributed by atoms with E-state index in [1.54, 1.807) is 0 Å². The van der Waals surface area contributed by atoms with E-state index >= 15 is 0 Å². The summed E-state index contributed by atoms with van der Waals surface area (Å²) in [6.07, 6.45) is 2.30. The van der Waals surface area contributed by atoms with Gasteiger partial charge in [-0.3, -0.25) is 10.4 Å². The Kier molecular flexibility index (Phi) is 3.80. The molecule has 1 N–H and O–H groups in total. The normalized spacial score (nSPS) is 16.6. The van der Waals surface area contributed by atoms with Gasteiger partial charge in [0.15, 0.2) is 0 Å². The second-order valence-corrected chi connectivity index (χ2v) is 6.12. The van der Waals surface area contributed by atoms with E-state index in [0.29, 0.717) is 0 Å². The van der Waals surface area contributed by atoms with Crippen LogP contribution in [0.25, 0.3) is 5.70 Å². The highest BCUT2D eigenvalue weighted by Crippen LogP contribution is 2.34. The average Bonchev–Trinajstić information content (AvgIpc) is 3.09. The lowest BCUT2D eigenvalue weighted by Gasteiger charge is -2.27. The zero-order chi connectivity index (χ0) is 16.4. The van der Waals surface area contributed by atoms with Crippen LogP contribution in [0.4, 0.5) is 5.69 Å². The van der Waals surface area contributed by atoms with E-state index in [9.17, 15) is 0 Å². The second-order valence-electron chi connectivity index (χ2n) is 6.12. The van der Waals surface area contributed by atoms with Crippen molar-refractivity contribution < 1.29 is 0 Å². The van der Waals surface area contributed by atoms with Crippen molar-refractivity contribution in [3.63, 3.8) is 0 Å². The third-order valence-electron chi connectivity index (χ3n) is 4.38. The maximum absolute atomic E-state index is 3.59. The van der Waals surface area contributed by atoms with Crippen molar-refractivity contribution in [2.75, 3.05) is 5.01 Å². The summed E-state index contributed by atoms with van der Waals surface area (Å²) < 4.78 is 0. The molecule has 0 bridgehead atoms. The fraction of sp³-hybridized carbons (Fsp3) is 0.0909. The molecule has 0 amide bonds. The summed E-state index contributed by atoms with van der Waals surface area (Å²) in [6, 6.07) is 29.9. The number of rotatable bonds is 3. The molecule has 1 unspecified atom stereocenters. The Bertz CT molecular complexity index is 836. The first-order valence-electron chi connectivity index (χ1n) is 8.26. The van der Waals surface area contributed by atoms with Crippen LogP contribution in [0.5, 0.6) is 0 Å². The van der Waals surface area contributed by atoms with Gasteiger partial charge in [-0.25, -0.2) is 0 Å². The predicted molar refractivity (Wildman–Crippen MR) is 100 cm³/mol. The van der Waals surface area contributed by atoms with Gasteiger partial charge in [0.25, 0.3) is 0 Å². The van der Waals surface area contributed by atoms with Crippen LogP contribution in [-0.2, 0) is 0 Å². The largest absolute Gasteiger partial charge is 0.297 e. The van der Waals surface area contributed by atoms with Gasteiger partial charge in [-0.15, -0.1) is 0 Å². The lowest BCUT2D eigenvalue weighted by atomic mass is 10.0. The molecular weight excluding hydrogens is 292 g/mol. The Morgan fingerprint density at radius 3 is 2.04 bits per heavy atom. The third kappa shape index (κ3) is 2.79. The van der Waals surface area contributed by atoms with Gasteiger partial charge in [0.2, 0.25) is 0 Å². The fourth-order valence-electron chi connectivity index (χ4n) is 3.07. The van der Waals surface area contributed by atoms with Crippen molar-refractivity contribution in [3.05, 3.63) is 108 Å². The molecular formula is C22H20N2. The van der Waals surface area contributed by atoms with Crippen molar-refractivity contribution in [2.45, 2.75) is 13.0 Å². The van der Waals surface area contributed by atoms with E-state index in [2.05, 4.69) is 102 Å². The summed E-state index contributed by atoms with van der Waals surface area (Å²) in [4.78, 5) is 0. The van der Waals surface area contributed by atoms with E-state index in [1.807, 2.05) is 6.07 Å². The van der Waals surface area contributed by atoms with Crippen LogP contribution in [-0.4, -0.2) is 0 Å². The van der Waals surface area contributed by atoms with Crippen molar-refractivity contribution in [3.8, 4) is 0 Å². The monoisotopic (exact) mass is 312 g/mol. The predicted octanol–water partition coefficient (Wildman–Crippen LogP) is 5.10. The first-order valence-corrected chi connectivity index (χ1v) is 8.26. The van der Waals surface area contributed by atoms with Gasteiger partial charge in [-0.05, 0) is 36.3 Å². The number of benzene rings is 3. The number of hydrazine groups is 1. The van der Waals surface area contributed by atoms with Crippen LogP contribution in [0.1, 0.15) is 22.7 Å². The molecule has 0 aliphatic carbocycles. The van der Waals surface area contributed by atoms with E-state index in [1.165, 1.54) is 16.7 Å². The molecule has 0 saturated heterocycles. The van der Waals surface area contributed by atoms with Gasteiger partial charge in [0.05, 0.1) is 17.4 Å². The Hall–Kier alpha value is -3.00. The maximum Gasteiger partial charge on any atom is 0.0958 e. The zero-order valence-corrected chi connectivity index (χ0v) is 13.7. The van der Waals surface area contributed by atoms with E-state index < -0.39 is 0 Å². The van der Waals surface area contributed by atoms with Crippen molar-refractivity contribution >= 4 is 11.4 Å². The Labute approximate surface area is 143 Å². The van der Waals surface area contributed by atoms with Crippen LogP contribution < -0.4 is 10.4 Å². The maximum atomic E-state index is 3.59. The van der Waals surface area contributed by atoms with Crippen LogP contribution in [0.2, 0.25) is 0 Å². The topological polar surface area (TPSA) is 15.3 Å². The van der Waals surface area contributed by atoms with Gasteiger partial charge in [0.1, 0.15) is 0 Å². The molecule has 3 aromatic rings. The zero-order valence-electron chi connectivity index (χ0n) is 13.7. The molecule has 2 heteroatoms. The number of aryl methyl sites for hydroxylation is 1. The Balaban J connectivity index is 1.74. The number of hydrogen-bond donors (Lipinski definition) is 1. The molecule has 1 aliphatic heterocycles. The first kappa shape index (κ1) is 14.6. The van der Waals surface area contributed by atoms with E-state index in [0.717, 1.165) is 11.4 Å². The molecule has 2 nitrogen and oxygen atoms in total. The van der Waals surface area contributed by atoms with E-state index in [-0.39, 0.29) is 6.04 Å². The summed E-state index contributed by atoms with van der Waals surface area (Å²) >= 11 is 0. The van der Waals surface area contributed by atoms with Gasteiger partial charge in [0, 0.05) is 0 Å². The van der Waals surface area contributed by atoms with Crippen molar-refractivity contribution in [1.82, 2.24) is 5.43 Å². The average molecular weight is 312 g/mol. The number of para-hydroxylation sites is 1. The highest BCUT2D eigenvalue weighted by atomic mass is 15.5. The van der Waals surface area contributed by atoms with Gasteiger partial charge >= 0.3 is 0 Å². The number of nitrogens with one attached hydrogen (secondary N) is 1. The van der Waals surface area contributed by atoms with Gasteiger partial charge < -0.3 is 0 Å². The first-order chi connectivity index (χ1) is 11.8. The molecule has 0 aromatic heterocycles. The van der Waals surface area contributed by atoms with Crippen LogP contribution >= 0.6 is 0 Å². The Morgan fingerprint density at radius 2 is 1.38 bits per heavy atom. The standard InChI is InChI=1S/C22H20N2/c1-17-12-14-18(15-13-17)21-16-22(19-8-4-2-5-9-19)24(23-21)20-10-6-3-7-11-20/h2-16,22-23H,1H3. The molecule has 0 spiro atoms. The Morgan fingerprint density at radius 1 is 0.750 bits per heavy atom. The minimum atomic E-state index is 0.171. The number of hydrogen-bond acceptors (Lipinski definition) is 2. The van der Waals surface area contributed by atoms with Gasteiger partial charge in [-0.1, -0.05) is 78.4 Å². The second kappa shape index (κ2) is 6.25. The quantitative estimate of drug-likeness (QED) is 0.723. The molecule has 24 heavy (non-hydrogen) atoms. The summed E-state index contributed by atoms with van der Waals surface area (Å²) in [5.74, 6) is 0. The smallest absolute Gasteiger partial charge is 0.0958 e. The van der Waals surface area contributed by atoms with Crippen molar-refractivity contribution in [2.24, 2.45) is 0 Å². The lowest BCUT2D eigenvalue weighted by Crippen LogP contribution is -2.33. The molecule has 1 aliphatic rings. The minimum Gasteiger partial charge on any atom is -0.297 e. The molecule has 0 saturated carbocycles. The highest BCUT2D eigenvalue weighted by molar-refractivity contribution is 5.72. The minimum absolute atomic E-state index is 0.171. The van der Waals surface area contributed by atoms with Crippen molar-refractivity contribution in [1.29, 1.82) is 0 Å². The summed E-state index contributed by atoms with van der Waals surface area (Å²) in [5, 5.41) is 2.23. The van der Waals surface area contributed by atoms with Crippen LogP contribution in [0.15, 0.2) is 91.0 Å². The fourth-order valence-corrected chi connectivity index (χ4v) is 3.07. The molecule has 0 fully saturated rings.